The third kappa shape index (κ3) is 3.12. The minimum absolute atomic E-state index is 0.746. The summed E-state index contributed by atoms with van der Waals surface area (Å²) in [7, 11) is 1.68. The van der Waals surface area contributed by atoms with Crippen molar-refractivity contribution in [3.8, 4) is 11.4 Å². The Labute approximate surface area is 133 Å². The molecule has 0 aliphatic carbocycles. The molecule has 1 aromatic heterocycles. The van der Waals surface area contributed by atoms with Crippen LogP contribution in [0.15, 0.2) is 53.7 Å². The van der Waals surface area contributed by atoms with Crippen molar-refractivity contribution in [3.05, 3.63) is 59.7 Å². The van der Waals surface area contributed by atoms with Gasteiger partial charge < -0.3 is 4.74 Å². The lowest BCUT2D eigenvalue weighted by atomic mass is 10.2. The molecule has 0 bridgehead atoms. The maximum absolute atomic E-state index is 5.37. The molecule has 0 N–H and O–H groups in total. The summed E-state index contributed by atoms with van der Waals surface area (Å²) in [4.78, 5) is 0. The molecule has 0 radical (unpaired) electrons. The van der Waals surface area contributed by atoms with Gasteiger partial charge in [0.2, 0.25) is 5.16 Å². The Kier molecular flexibility index (Phi) is 4.39. The fourth-order valence-corrected chi connectivity index (χ4v) is 2.96. The number of tetrazole rings is 1. The molecule has 3 rings (SSSR count). The van der Waals surface area contributed by atoms with E-state index in [4.69, 9.17) is 4.74 Å². The summed E-state index contributed by atoms with van der Waals surface area (Å²) in [6, 6.07) is 16.1. The first-order chi connectivity index (χ1) is 10.8. The lowest BCUT2D eigenvalue weighted by molar-refractivity contribution is 0.411. The van der Waals surface area contributed by atoms with Crippen LogP contribution in [0.5, 0.6) is 5.75 Å². The van der Waals surface area contributed by atoms with Crippen molar-refractivity contribution in [2.75, 3.05) is 7.11 Å². The summed E-state index contributed by atoms with van der Waals surface area (Å²) in [5.41, 5.74) is 3.28. The van der Waals surface area contributed by atoms with Crippen LogP contribution < -0.4 is 4.74 Å². The topological polar surface area (TPSA) is 52.8 Å². The van der Waals surface area contributed by atoms with Gasteiger partial charge in [0.25, 0.3) is 0 Å². The van der Waals surface area contributed by atoms with Gasteiger partial charge in [-0.15, -0.1) is 5.10 Å². The van der Waals surface area contributed by atoms with Gasteiger partial charge >= 0.3 is 0 Å². The first-order valence-electron chi connectivity index (χ1n) is 6.88. The van der Waals surface area contributed by atoms with Gasteiger partial charge in [0, 0.05) is 11.3 Å². The van der Waals surface area contributed by atoms with E-state index in [0.29, 0.717) is 0 Å². The first kappa shape index (κ1) is 14.6. The van der Waals surface area contributed by atoms with Gasteiger partial charge in [-0.3, -0.25) is 0 Å². The van der Waals surface area contributed by atoms with Crippen LogP contribution in [0.2, 0.25) is 0 Å². The highest BCUT2D eigenvalue weighted by atomic mass is 32.2. The number of hydrogen-bond acceptors (Lipinski definition) is 5. The van der Waals surface area contributed by atoms with Gasteiger partial charge in [0.1, 0.15) is 5.75 Å². The van der Waals surface area contributed by atoms with Crippen LogP contribution in [-0.4, -0.2) is 27.3 Å². The van der Waals surface area contributed by atoms with Crippen LogP contribution in [0, 0.1) is 6.92 Å². The summed E-state index contributed by atoms with van der Waals surface area (Å²) in [6.45, 7) is 2.06. The van der Waals surface area contributed by atoms with Gasteiger partial charge in [0.05, 0.1) is 12.8 Å². The smallest absolute Gasteiger partial charge is 0.214 e. The summed E-state index contributed by atoms with van der Waals surface area (Å²) < 4.78 is 7.12. The second-order valence-electron chi connectivity index (χ2n) is 4.81. The third-order valence-corrected chi connectivity index (χ3v) is 4.24. The van der Waals surface area contributed by atoms with E-state index in [1.165, 1.54) is 5.56 Å². The minimum Gasteiger partial charge on any atom is -0.496 e. The molecule has 0 atom stereocenters. The molecule has 0 amide bonds. The lowest BCUT2D eigenvalue weighted by Gasteiger charge is -2.08. The summed E-state index contributed by atoms with van der Waals surface area (Å²) in [5, 5.41) is 12.7. The summed E-state index contributed by atoms with van der Waals surface area (Å²) in [6.07, 6.45) is 0. The van der Waals surface area contributed by atoms with E-state index in [-0.39, 0.29) is 0 Å². The van der Waals surface area contributed by atoms with Crippen molar-refractivity contribution in [3.63, 3.8) is 0 Å². The molecule has 5 nitrogen and oxygen atoms in total. The third-order valence-electron chi connectivity index (χ3n) is 3.27. The molecule has 0 fully saturated rings. The fourth-order valence-electron chi connectivity index (χ4n) is 2.08. The molecule has 22 heavy (non-hydrogen) atoms. The molecule has 0 aliphatic heterocycles. The van der Waals surface area contributed by atoms with Crippen LogP contribution in [0.1, 0.15) is 11.1 Å². The number of rotatable bonds is 5. The summed E-state index contributed by atoms with van der Waals surface area (Å²) in [5.74, 6) is 1.63. The number of aryl methyl sites for hydroxylation is 1. The van der Waals surface area contributed by atoms with Gasteiger partial charge in [-0.05, 0) is 35.5 Å². The molecule has 1 heterocycles. The van der Waals surface area contributed by atoms with Gasteiger partial charge in [-0.1, -0.05) is 47.7 Å². The second kappa shape index (κ2) is 6.62. The zero-order chi connectivity index (χ0) is 15.4. The van der Waals surface area contributed by atoms with E-state index in [2.05, 4.69) is 22.4 Å². The highest BCUT2D eigenvalue weighted by Gasteiger charge is 2.10. The number of methoxy groups -OCH3 is 1. The molecular weight excluding hydrogens is 296 g/mol. The number of nitrogens with zero attached hydrogens (tertiary/aromatic N) is 4. The molecule has 0 spiro atoms. The quantitative estimate of drug-likeness (QED) is 0.677. The molecule has 2 aromatic carbocycles. The van der Waals surface area contributed by atoms with Crippen molar-refractivity contribution in [2.24, 2.45) is 0 Å². The monoisotopic (exact) mass is 312 g/mol. The van der Waals surface area contributed by atoms with Crippen molar-refractivity contribution in [1.29, 1.82) is 0 Å². The highest BCUT2D eigenvalue weighted by molar-refractivity contribution is 7.98. The number of aromatic nitrogens is 4. The number of hydrogen-bond donors (Lipinski definition) is 0. The molecule has 0 saturated carbocycles. The van der Waals surface area contributed by atoms with Gasteiger partial charge in [0.15, 0.2) is 0 Å². The Bertz CT molecular complexity index is 755. The number of benzene rings is 2. The SMILES string of the molecule is COc1ccccc1CSc1nnnn1-c1ccc(C)cc1. The van der Waals surface area contributed by atoms with E-state index in [1.807, 2.05) is 48.5 Å². The van der Waals surface area contributed by atoms with Crippen LogP contribution in [0.4, 0.5) is 0 Å². The van der Waals surface area contributed by atoms with Crippen LogP contribution >= 0.6 is 11.8 Å². The second-order valence-corrected chi connectivity index (χ2v) is 5.75. The van der Waals surface area contributed by atoms with Crippen molar-refractivity contribution >= 4 is 11.8 Å². The number of ether oxygens (including phenoxy) is 1. The predicted molar refractivity (Wildman–Crippen MR) is 86.4 cm³/mol. The number of thioether (sulfide) groups is 1. The normalized spacial score (nSPS) is 10.6. The molecule has 6 heteroatoms. The maximum Gasteiger partial charge on any atom is 0.214 e. The summed E-state index contributed by atoms with van der Waals surface area (Å²) >= 11 is 1.58. The van der Waals surface area contributed by atoms with Crippen molar-refractivity contribution in [2.45, 2.75) is 17.8 Å². The zero-order valence-corrected chi connectivity index (χ0v) is 13.2. The fraction of sp³-hybridized carbons (Fsp3) is 0.188. The Hall–Kier alpha value is -2.34. The van der Waals surface area contributed by atoms with Gasteiger partial charge in [-0.2, -0.15) is 4.68 Å². The Morgan fingerprint density at radius 2 is 1.86 bits per heavy atom. The van der Waals surface area contributed by atoms with Crippen LogP contribution in [0.3, 0.4) is 0 Å². The van der Waals surface area contributed by atoms with Crippen molar-refractivity contribution in [1.82, 2.24) is 20.2 Å². The molecule has 0 aliphatic rings. The largest absolute Gasteiger partial charge is 0.496 e. The van der Waals surface area contributed by atoms with E-state index in [0.717, 1.165) is 27.9 Å². The van der Waals surface area contributed by atoms with E-state index < -0.39 is 0 Å². The van der Waals surface area contributed by atoms with E-state index in [1.54, 1.807) is 23.6 Å². The average Bonchev–Trinajstić information content (AvgIpc) is 3.02. The predicted octanol–water partition coefficient (Wildman–Crippen LogP) is 3.27. The highest BCUT2D eigenvalue weighted by Crippen LogP contribution is 2.27. The zero-order valence-electron chi connectivity index (χ0n) is 12.4. The lowest BCUT2D eigenvalue weighted by Crippen LogP contribution is -1.99. The Morgan fingerprint density at radius 3 is 2.64 bits per heavy atom. The van der Waals surface area contributed by atoms with Crippen LogP contribution in [-0.2, 0) is 5.75 Å². The minimum atomic E-state index is 0.746. The molecule has 0 saturated heterocycles. The Morgan fingerprint density at radius 1 is 1.09 bits per heavy atom. The first-order valence-corrected chi connectivity index (χ1v) is 7.86. The van der Waals surface area contributed by atoms with E-state index in [9.17, 15) is 0 Å². The average molecular weight is 312 g/mol. The molecule has 0 unspecified atom stereocenters. The number of para-hydroxylation sites is 1. The molecule has 112 valence electrons. The van der Waals surface area contributed by atoms with E-state index >= 15 is 0 Å². The molecule has 3 aromatic rings. The standard InChI is InChI=1S/C16H16N4OS/c1-12-7-9-14(10-8-12)20-16(17-18-19-20)22-11-13-5-3-4-6-15(13)21-2/h3-10H,11H2,1-2H3. The van der Waals surface area contributed by atoms with Crippen molar-refractivity contribution < 1.29 is 4.74 Å². The Balaban J connectivity index is 1.79. The van der Waals surface area contributed by atoms with Crippen LogP contribution in [0.25, 0.3) is 5.69 Å². The van der Waals surface area contributed by atoms with Gasteiger partial charge in [-0.25, -0.2) is 0 Å². The molecular formula is C16H16N4OS. The maximum atomic E-state index is 5.37.